The molecule has 0 amide bonds. The smallest absolute Gasteiger partial charge is 0.306 e. The first-order valence-electron chi connectivity index (χ1n) is 11.7. The summed E-state index contributed by atoms with van der Waals surface area (Å²) < 4.78 is 6.06. The van der Waals surface area contributed by atoms with Gasteiger partial charge in [-0.2, -0.15) is 0 Å². The maximum atomic E-state index is 12.4. The molecule has 0 heterocycles. The minimum absolute atomic E-state index is 0.00863. The highest BCUT2D eigenvalue weighted by Crippen LogP contribution is 2.65. The van der Waals surface area contributed by atoms with Gasteiger partial charge in [0, 0.05) is 18.3 Å². The molecule has 0 unspecified atom stereocenters. The van der Waals surface area contributed by atoms with Gasteiger partial charge in [0.15, 0.2) is 5.78 Å². The molecule has 6 atom stereocenters. The molecule has 3 fully saturated rings. The Hall–Kier alpha value is -1.12. The molecule has 0 saturated heterocycles. The number of carbonyl (C=O) groups is 2. The average Bonchev–Trinajstić information content (AvgIpc) is 2.97. The van der Waals surface area contributed by atoms with Crippen molar-refractivity contribution in [3.05, 3.63) is 11.6 Å². The lowest BCUT2D eigenvalue weighted by Gasteiger charge is -2.57. The SMILES string of the molecule is CC(C)CCC(=O)O[C@@H]1CC[C@H]2[C@@H]3CCC4=CC(=O)CC[C@]4(C)[C@H]3CC[C@]12C. The van der Waals surface area contributed by atoms with Gasteiger partial charge in [0.05, 0.1) is 0 Å². The molecule has 0 radical (unpaired) electrons. The molecule has 3 heteroatoms. The highest BCUT2D eigenvalue weighted by molar-refractivity contribution is 5.91. The molecule has 156 valence electrons. The maximum Gasteiger partial charge on any atom is 0.306 e. The summed E-state index contributed by atoms with van der Waals surface area (Å²) >= 11 is 0. The van der Waals surface area contributed by atoms with Gasteiger partial charge < -0.3 is 4.74 Å². The summed E-state index contributed by atoms with van der Waals surface area (Å²) in [6, 6.07) is 0. The number of allylic oxidation sites excluding steroid dienone is 1. The fourth-order valence-corrected chi connectivity index (χ4v) is 7.33. The van der Waals surface area contributed by atoms with Crippen LogP contribution in [0.3, 0.4) is 0 Å². The van der Waals surface area contributed by atoms with Crippen molar-refractivity contribution in [2.24, 2.45) is 34.5 Å². The Morgan fingerprint density at radius 1 is 1.11 bits per heavy atom. The number of hydrogen-bond donors (Lipinski definition) is 0. The number of fused-ring (bicyclic) bond motifs is 5. The monoisotopic (exact) mass is 386 g/mol. The number of hydrogen-bond acceptors (Lipinski definition) is 3. The summed E-state index contributed by atoms with van der Waals surface area (Å²) in [4.78, 5) is 24.4. The van der Waals surface area contributed by atoms with Crippen LogP contribution in [-0.4, -0.2) is 17.9 Å². The van der Waals surface area contributed by atoms with Gasteiger partial charge in [-0.05, 0) is 86.5 Å². The van der Waals surface area contributed by atoms with Gasteiger partial charge in [-0.3, -0.25) is 9.59 Å². The number of rotatable bonds is 4. The number of carbonyl (C=O) groups excluding carboxylic acids is 2. The number of ether oxygens (including phenoxy) is 1. The van der Waals surface area contributed by atoms with Gasteiger partial charge in [0.25, 0.3) is 0 Å². The molecule has 0 spiro atoms. The van der Waals surface area contributed by atoms with Crippen LogP contribution in [0.5, 0.6) is 0 Å². The molecule has 0 aromatic rings. The molecular formula is C25H38O3. The van der Waals surface area contributed by atoms with E-state index < -0.39 is 0 Å². The zero-order valence-electron chi connectivity index (χ0n) is 18.3. The number of esters is 1. The Labute approximate surface area is 170 Å². The summed E-state index contributed by atoms with van der Waals surface area (Å²) in [7, 11) is 0. The lowest BCUT2D eigenvalue weighted by molar-refractivity contribution is -0.160. The third-order valence-electron chi connectivity index (χ3n) is 9.07. The minimum atomic E-state index is 0.00863. The quantitative estimate of drug-likeness (QED) is 0.568. The van der Waals surface area contributed by atoms with Crippen LogP contribution in [-0.2, 0) is 14.3 Å². The molecule has 0 N–H and O–H groups in total. The molecule has 0 aliphatic heterocycles. The van der Waals surface area contributed by atoms with E-state index in [9.17, 15) is 9.59 Å². The van der Waals surface area contributed by atoms with Gasteiger partial charge in [0.2, 0.25) is 0 Å². The molecule has 0 aromatic carbocycles. The van der Waals surface area contributed by atoms with Gasteiger partial charge in [-0.15, -0.1) is 0 Å². The second kappa shape index (κ2) is 7.29. The molecule has 4 aliphatic carbocycles. The van der Waals surface area contributed by atoms with Crippen molar-refractivity contribution in [3.8, 4) is 0 Å². The van der Waals surface area contributed by atoms with E-state index in [-0.39, 0.29) is 22.9 Å². The summed E-state index contributed by atoms with van der Waals surface area (Å²) in [5.74, 6) is 2.99. The third-order valence-corrected chi connectivity index (χ3v) is 9.07. The Kier molecular flexibility index (Phi) is 5.25. The predicted molar refractivity (Wildman–Crippen MR) is 111 cm³/mol. The Morgan fingerprint density at radius 3 is 2.64 bits per heavy atom. The fourth-order valence-electron chi connectivity index (χ4n) is 7.33. The van der Waals surface area contributed by atoms with Crippen LogP contribution in [0.4, 0.5) is 0 Å². The Bertz CT molecular complexity index is 677. The second-order valence-electron chi connectivity index (χ2n) is 11.0. The zero-order valence-corrected chi connectivity index (χ0v) is 18.3. The summed E-state index contributed by atoms with van der Waals surface area (Å²) in [6.07, 6.45) is 12.3. The van der Waals surface area contributed by atoms with Crippen molar-refractivity contribution in [2.75, 3.05) is 0 Å². The van der Waals surface area contributed by atoms with E-state index in [0.29, 0.717) is 30.0 Å². The largest absolute Gasteiger partial charge is 0.462 e. The minimum Gasteiger partial charge on any atom is -0.462 e. The lowest BCUT2D eigenvalue weighted by Crippen LogP contribution is -2.51. The predicted octanol–water partition coefficient (Wildman–Crippen LogP) is 5.87. The van der Waals surface area contributed by atoms with E-state index in [4.69, 9.17) is 4.74 Å². The summed E-state index contributed by atoms with van der Waals surface area (Å²) in [5, 5.41) is 0. The molecular weight excluding hydrogens is 348 g/mol. The molecule has 4 rings (SSSR count). The maximum absolute atomic E-state index is 12.4. The normalized spacial score (nSPS) is 42.5. The van der Waals surface area contributed by atoms with E-state index in [1.807, 2.05) is 6.08 Å². The van der Waals surface area contributed by atoms with Crippen LogP contribution in [0.2, 0.25) is 0 Å². The van der Waals surface area contributed by atoms with Crippen molar-refractivity contribution in [2.45, 2.75) is 98.0 Å². The highest BCUT2D eigenvalue weighted by Gasteiger charge is 2.59. The third kappa shape index (κ3) is 3.27. The first-order valence-corrected chi connectivity index (χ1v) is 11.7. The van der Waals surface area contributed by atoms with E-state index in [1.165, 1.54) is 24.8 Å². The van der Waals surface area contributed by atoms with E-state index in [1.54, 1.807) is 0 Å². The fraction of sp³-hybridized carbons (Fsp3) is 0.840. The van der Waals surface area contributed by atoms with Crippen LogP contribution in [0, 0.1) is 34.5 Å². The standard InChI is InChI=1S/C25H38O3/c1-16(2)5-10-23(27)28-22-9-8-20-19-7-6-17-15-18(26)11-13-24(17,3)21(19)12-14-25(20,22)4/h15-16,19-22H,5-14H2,1-4H3/t19-,20-,21-,22+,24-,25-/m0/s1. The molecule has 0 bridgehead atoms. The van der Waals surface area contributed by atoms with Crippen molar-refractivity contribution >= 4 is 11.8 Å². The van der Waals surface area contributed by atoms with Gasteiger partial charge >= 0.3 is 5.97 Å². The summed E-state index contributed by atoms with van der Waals surface area (Å²) in [5.41, 5.74) is 1.81. The van der Waals surface area contributed by atoms with Gasteiger partial charge in [0.1, 0.15) is 6.10 Å². The summed E-state index contributed by atoms with van der Waals surface area (Å²) in [6.45, 7) is 9.15. The highest BCUT2D eigenvalue weighted by atomic mass is 16.5. The molecule has 28 heavy (non-hydrogen) atoms. The zero-order chi connectivity index (χ0) is 20.1. The van der Waals surface area contributed by atoms with Crippen molar-refractivity contribution in [3.63, 3.8) is 0 Å². The molecule has 3 saturated carbocycles. The van der Waals surface area contributed by atoms with E-state index >= 15 is 0 Å². The van der Waals surface area contributed by atoms with Crippen LogP contribution in [0.25, 0.3) is 0 Å². The molecule has 0 aromatic heterocycles. The number of ketones is 1. The van der Waals surface area contributed by atoms with Crippen LogP contribution in [0.15, 0.2) is 11.6 Å². The topological polar surface area (TPSA) is 43.4 Å². The first-order chi connectivity index (χ1) is 13.2. The Balaban J connectivity index is 1.49. The first kappa shape index (κ1) is 20.2. The lowest BCUT2D eigenvalue weighted by atomic mass is 9.47. The van der Waals surface area contributed by atoms with Crippen LogP contribution < -0.4 is 0 Å². The van der Waals surface area contributed by atoms with Crippen LogP contribution in [0.1, 0.15) is 91.9 Å². The van der Waals surface area contributed by atoms with Crippen molar-refractivity contribution < 1.29 is 14.3 Å². The van der Waals surface area contributed by atoms with Crippen LogP contribution >= 0.6 is 0 Å². The molecule has 3 nitrogen and oxygen atoms in total. The van der Waals surface area contributed by atoms with E-state index in [2.05, 4.69) is 27.7 Å². The van der Waals surface area contributed by atoms with Gasteiger partial charge in [-0.25, -0.2) is 0 Å². The van der Waals surface area contributed by atoms with E-state index in [0.717, 1.165) is 44.4 Å². The average molecular weight is 387 g/mol. The Morgan fingerprint density at radius 2 is 1.89 bits per heavy atom. The van der Waals surface area contributed by atoms with Crippen molar-refractivity contribution in [1.82, 2.24) is 0 Å². The second-order valence-corrected chi connectivity index (χ2v) is 11.0. The van der Waals surface area contributed by atoms with Gasteiger partial charge in [-0.1, -0.05) is 33.3 Å². The molecule has 4 aliphatic rings. The van der Waals surface area contributed by atoms with Crippen molar-refractivity contribution in [1.29, 1.82) is 0 Å².